The molecular weight excluding hydrogens is 242 g/mol. The minimum atomic E-state index is -0.890. The average molecular weight is 261 g/mol. The first-order valence-electron chi connectivity index (χ1n) is 6.41. The van der Waals surface area contributed by atoms with E-state index in [1.165, 1.54) is 0 Å². The van der Waals surface area contributed by atoms with Gasteiger partial charge < -0.3 is 16.0 Å². The molecule has 0 radical (unpaired) electrons. The van der Waals surface area contributed by atoms with Gasteiger partial charge in [-0.2, -0.15) is 0 Å². The topological polar surface area (TPSA) is 75.4 Å². The minimum Gasteiger partial charge on any atom is -0.398 e. The van der Waals surface area contributed by atoms with E-state index in [9.17, 15) is 9.59 Å². The molecule has 0 aromatic heterocycles. The molecule has 2 rings (SSSR count). The second kappa shape index (κ2) is 4.57. The smallest absolute Gasteiger partial charge is 0.258 e. The third-order valence-corrected chi connectivity index (χ3v) is 3.48. The summed E-state index contributed by atoms with van der Waals surface area (Å²) < 4.78 is 0. The van der Waals surface area contributed by atoms with E-state index in [0.717, 1.165) is 6.42 Å². The number of carbonyl (C=O) groups is 2. The highest BCUT2D eigenvalue weighted by molar-refractivity contribution is 6.13. The number of nitrogens with one attached hydrogen (secondary N) is 1. The number of benzene rings is 1. The van der Waals surface area contributed by atoms with Crippen molar-refractivity contribution in [2.45, 2.75) is 32.7 Å². The maximum absolute atomic E-state index is 12.7. The number of amides is 2. The zero-order chi connectivity index (χ0) is 14.2. The van der Waals surface area contributed by atoms with Crippen LogP contribution in [0, 0.1) is 0 Å². The molecule has 0 unspecified atom stereocenters. The van der Waals surface area contributed by atoms with Gasteiger partial charge in [-0.15, -0.1) is 0 Å². The van der Waals surface area contributed by atoms with Gasteiger partial charge >= 0.3 is 0 Å². The Kier molecular flexibility index (Phi) is 3.22. The molecule has 1 aromatic carbocycles. The van der Waals surface area contributed by atoms with E-state index >= 15 is 0 Å². The van der Waals surface area contributed by atoms with Crippen LogP contribution in [0.1, 0.15) is 37.6 Å². The van der Waals surface area contributed by atoms with Crippen LogP contribution in [0.15, 0.2) is 18.2 Å². The summed E-state index contributed by atoms with van der Waals surface area (Å²) in [5, 5.41) is 2.79. The Morgan fingerprint density at radius 1 is 1.32 bits per heavy atom. The lowest BCUT2D eigenvalue weighted by Crippen LogP contribution is -2.53. The molecule has 0 fully saturated rings. The fraction of sp³-hybridized carbons (Fsp3) is 0.429. The molecule has 3 N–H and O–H groups in total. The zero-order valence-electron chi connectivity index (χ0n) is 11.5. The fourth-order valence-corrected chi connectivity index (χ4v) is 2.30. The van der Waals surface area contributed by atoms with Crippen molar-refractivity contribution in [2.24, 2.45) is 0 Å². The highest BCUT2D eigenvalue weighted by atomic mass is 16.2. The Morgan fingerprint density at radius 3 is 2.63 bits per heavy atom. The van der Waals surface area contributed by atoms with E-state index in [4.69, 9.17) is 5.73 Å². The third-order valence-electron chi connectivity index (χ3n) is 3.48. The minimum absolute atomic E-state index is 0.196. The number of carbonyl (C=O) groups excluding carboxylic acids is 2. The standard InChI is InChI=1S/C14H19N3O2/c1-4-8-17-12(18)11-9(15)6-5-7-10(11)16-13(19)14(17,2)3/h5-7H,4,8,15H2,1-3H3,(H,16,19). The molecule has 0 atom stereocenters. The Morgan fingerprint density at radius 2 is 2.00 bits per heavy atom. The highest BCUT2D eigenvalue weighted by Crippen LogP contribution is 2.31. The molecular formula is C14H19N3O2. The van der Waals surface area contributed by atoms with Gasteiger partial charge in [-0.25, -0.2) is 0 Å². The Labute approximate surface area is 112 Å². The SMILES string of the molecule is CCCN1C(=O)c2c(N)cccc2NC(=O)C1(C)C. The van der Waals surface area contributed by atoms with Crippen LogP contribution in [0.25, 0.3) is 0 Å². The van der Waals surface area contributed by atoms with Crippen molar-refractivity contribution in [2.75, 3.05) is 17.6 Å². The summed E-state index contributed by atoms with van der Waals surface area (Å²) in [6.45, 7) is 5.99. The Bertz CT molecular complexity index is 537. The number of nitrogens with zero attached hydrogens (tertiary/aromatic N) is 1. The molecule has 102 valence electrons. The normalized spacial score (nSPS) is 17.7. The Hall–Kier alpha value is -2.04. The molecule has 19 heavy (non-hydrogen) atoms. The van der Waals surface area contributed by atoms with Crippen LogP contribution < -0.4 is 11.1 Å². The average Bonchev–Trinajstić information content (AvgIpc) is 2.40. The third kappa shape index (κ3) is 2.05. The monoisotopic (exact) mass is 261 g/mol. The Balaban J connectivity index is 2.61. The van der Waals surface area contributed by atoms with Gasteiger partial charge in [-0.3, -0.25) is 9.59 Å². The van der Waals surface area contributed by atoms with Gasteiger partial charge in [-0.05, 0) is 32.4 Å². The lowest BCUT2D eigenvalue weighted by molar-refractivity contribution is -0.124. The quantitative estimate of drug-likeness (QED) is 0.798. The lowest BCUT2D eigenvalue weighted by atomic mass is 10.0. The van der Waals surface area contributed by atoms with E-state index in [1.807, 2.05) is 6.92 Å². The first-order chi connectivity index (χ1) is 8.89. The molecule has 1 aromatic rings. The largest absolute Gasteiger partial charge is 0.398 e. The molecule has 0 saturated heterocycles. The summed E-state index contributed by atoms with van der Waals surface area (Å²) in [5.74, 6) is -0.392. The van der Waals surface area contributed by atoms with Crippen molar-refractivity contribution in [3.63, 3.8) is 0 Å². The summed E-state index contributed by atoms with van der Waals surface area (Å²) in [6.07, 6.45) is 0.782. The van der Waals surface area contributed by atoms with Crippen LogP contribution in [0.3, 0.4) is 0 Å². The number of hydrogen-bond acceptors (Lipinski definition) is 3. The van der Waals surface area contributed by atoms with Crippen molar-refractivity contribution < 1.29 is 9.59 Å². The van der Waals surface area contributed by atoms with E-state index in [2.05, 4.69) is 5.32 Å². The summed E-state index contributed by atoms with van der Waals surface area (Å²) >= 11 is 0. The van der Waals surface area contributed by atoms with Crippen LogP contribution in [0.4, 0.5) is 11.4 Å². The van der Waals surface area contributed by atoms with Crippen molar-refractivity contribution in [3.05, 3.63) is 23.8 Å². The van der Waals surface area contributed by atoms with Crippen LogP contribution in [0.5, 0.6) is 0 Å². The number of hydrogen-bond donors (Lipinski definition) is 2. The summed E-state index contributed by atoms with van der Waals surface area (Å²) in [7, 11) is 0. The van der Waals surface area contributed by atoms with E-state index in [1.54, 1.807) is 36.9 Å². The summed E-state index contributed by atoms with van der Waals surface area (Å²) in [6, 6.07) is 5.10. The van der Waals surface area contributed by atoms with Gasteiger partial charge in [0, 0.05) is 12.2 Å². The van der Waals surface area contributed by atoms with Gasteiger partial charge in [-0.1, -0.05) is 13.0 Å². The van der Waals surface area contributed by atoms with Crippen molar-refractivity contribution in [1.82, 2.24) is 4.90 Å². The predicted octanol–water partition coefficient (Wildman–Crippen LogP) is 1.85. The molecule has 1 aliphatic heterocycles. The molecule has 5 heteroatoms. The molecule has 5 nitrogen and oxygen atoms in total. The second-order valence-electron chi connectivity index (χ2n) is 5.24. The summed E-state index contributed by atoms with van der Waals surface area (Å²) in [4.78, 5) is 26.5. The molecule has 1 heterocycles. The molecule has 0 spiro atoms. The van der Waals surface area contributed by atoms with E-state index < -0.39 is 5.54 Å². The highest BCUT2D eigenvalue weighted by Gasteiger charge is 2.41. The first kappa shape index (κ1) is 13.4. The van der Waals surface area contributed by atoms with Crippen LogP contribution >= 0.6 is 0 Å². The maximum atomic E-state index is 12.7. The predicted molar refractivity (Wildman–Crippen MR) is 74.9 cm³/mol. The first-order valence-corrected chi connectivity index (χ1v) is 6.41. The van der Waals surface area contributed by atoms with Gasteiger partial charge in [0.15, 0.2) is 0 Å². The van der Waals surface area contributed by atoms with Crippen molar-refractivity contribution in [1.29, 1.82) is 0 Å². The molecule has 2 amide bonds. The van der Waals surface area contributed by atoms with Gasteiger partial charge in [0.25, 0.3) is 5.91 Å². The maximum Gasteiger partial charge on any atom is 0.258 e. The van der Waals surface area contributed by atoms with Gasteiger partial charge in [0.2, 0.25) is 5.91 Å². The van der Waals surface area contributed by atoms with Gasteiger partial charge in [0.1, 0.15) is 5.54 Å². The van der Waals surface area contributed by atoms with Crippen LogP contribution in [-0.4, -0.2) is 28.8 Å². The van der Waals surface area contributed by atoms with Crippen molar-refractivity contribution in [3.8, 4) is 0 Å². The molecule has 0 bridgehead atoms. The van der Waals surface area contributed by atoms with E-state index in [0.29, 0.717) is 23.5 Å². The molecule has 0 saturated carbocycles. The van der Waals surface area contributed by atoms with Crippen LogP contribution in [-0.2, 0) is 4.79 Å². The second-order valence-corrected chi connectivity index (χ2v) is 5.24. The number of nitrogens with two attached hydrogens (primary N) is 1. The van der Waals surface area contributed by atoms with Crippen LogP contribution in [0.2, 0.25) is 0 Å². The number of nitrogen functional groups attached to an aromatic ring is 1. The number of fused-ring (bicyclic) bond motifs is 1. The molecule has 0 aliphatic carbocycles. The lowest BCUT2D eigenvalue weighted by Gasteiger charge is -2.35. The van der Waals surface area contributed by atoms with Gasteiger partial charge in [0.05, 0.1) is 11.3 Å². The summed E-state index contributed by atoms with van der Waals surface area (Å²) in [5.41, 5.74) is 6.27. The number of rotatable bonds is 2. The number of anilines is 2. The zero-order valence-corrected chi connectivity index (χ0v) is 11.5. The van der Waals surface area contributed by atoms with Crippen molar-refractivity contribution >= 4 is 23.2 Å². The molecule has 1 aliphatic rings. The van der Waals surface area contributed by atoms with E-state index in [-0.39, 0.29) is 11.8 Å². The fourth-order valence-electron chi connectivity index (χ4n) is 2.30.